The first-order chi connectivity index (χ1) is 13.5. The number of carbonyl (C=O) groups is 1. The van der Waals surface area contributed by atoms with Crippen LogP contribution in [0.1, 0.15) is 11.6 Å². The van der Waals surface area contributed by atoms with Gasteiger partial charge in [0.1, 0.15) is 5.70 Å². The number of halogens is 3. The van der Waals surface area contributed by atoms with Gasteiger partial charge in [-0.3, -0.25) is 9.69 Å². The maximum atomic E-state index is 13.2. The largest absolute Gasteiger partial charge is 0.351 e. The average molecular weight is 430 g/mol. The average Bonchev–Trinajstić information content (AvgIpc) is 3.01. The van der Waals surface area contributed by atoms with Gasteiger partial charge in [0, 0.05) is 26.4 Å². The van der Waals surface area contributed by atoms with E-state index in [0.717, 1.165) is 16.9 Å². The van der Waals surface area contributed by atoms with Crippen LogP contribution < -0.4 is 10.2 Å². The van der Waals surface area contributed by atoms with Crippen LogP contribution in [0.15, 0.2) is 84.6 Å². The van der Waals surface area contributed by atoms with Crippen LogP contribution in [-0.2, 0) is 4.79 Å². The topological polar surface area (TPSA) is 32.3 Å². The van der Waals surface area contributed by atoms with Gasteiger partial charge in [0.2, 0.25) is 0 Å². The van der Waals surface area contributed by atoms with Crippen molar-refractivity contribution in [2.45, 2.75) is 6.04 Å². The molecule has 3 aromatic rings. The van der Waals surface area contributed by atoms with Crippen LogP contribution in [0.25, 0.3) is 0 Å². The molecule has 0 radical (unpaired) electrons. The number of hydrogen-bond acceptors (Lipinski definition) is 2. The highest BCUT2D eigenvalue weighted by molar-refractivity contribution is 6.31. The second-order valence-electron chi connectivity index (χ2n) is 6.36. The van der Waals surface area contributed by atoms with Gasteiger partial charge < -0.3 is 5.32 Å². The molecule has 0 unspecified atom stereocenters. The zero-order valence-corrected chi connectivity index (χ0v) is 16.8. The molecule has 0 aliphatic carbocycles. The van der Waals surface area contributed by atoms with E-state index < -0.39 is 0 Å². The molecule has 3 nitrogen and oxygen atoms in total. The smallest absolute Gasteiger partial charge is 0.275 e. The standard InChI is InChI=1S/C22H15Cl3N2O/c23-15-3-1-14(2-4-15)21-13-20(26-18-9-5-16(24)6-10-18)22(28)27(21)19-11-7-17(25)8-12-19/h1-13,21,26H/t21-/m1/s1. The molecule has 0 aromatic heterocycles. The van der Waals surface area contributed by atoms with Gasteiger partial charge in [-0.25, -0.2) is 0 Å². The number of carbonyl (C=O) groups excluding carboxylic acids is 1. The molecule has 28 heavy (non-hydrogen) atoms. The zero-order valence-electron chi connectivity index (χ0n) is 14.6. The summed E-state index contributed by atoms with van der Waals surface area (Å²) in [5, 5.41) is 5.10. The van der Waals surface area contributed by atoms with Crippen LogP contribution in [-0.4, -0.2) is 5.91 Å². The molecule has 140 valence electrons. The molecule has 6 heteroatoms. The number of anilines is 2. The summed E-state index contributed by atoms with van der Waals surface area (Å²) < 4.78 is 0. The highest BCUT2D eigenvalue weighted by Gasteiger charge is 2.34. The Labute approximate surface area is 178 Å². The molecule has 1 N–H and O–H groups in total. The SMILES string of the molecule is O=C1C(Nc2ccc(Cl)cc2)=C[C@H](c2ccc(Cl)cc2)N1c1ccc(Cl)cc1. The van der Waals surface area contributed by atoms with Crippen molar-refractivity contribution in [1.29, 1.82) is 0 Å². The summed E-state index contributed by atoms with van der Waals surface area (Å²) in [6.07, 6.45) is 1.91. The molecule has 0 saturated heterocycles. The van der Waals surface area contributed by atoms with Gasteiger partial charge in [-0.2, -0.15) is 0 Å². The lowest BCUT2D eigenvalue weighted by molar-refractivity contribution is -0.114. The number of nitrogens with zero attached hydrogens (tertiary/aromatic N) is 1. The number of hydrogen-bond donors (Lipinski definition) is 1. The molecule has 3 aromatic carbocycles. The van der Waals surface area contributed by atoms with E-state index in [0.29, 0.717) is 20.8 Å². The predicted molar refractivity (Wildman–Crippen MR) is 116 cm³/mol. The molecule has 1 atom stereocenters. The molecule has 0 spiro atoms. The summed E-state index contributed by atoms with van der Waals surface area (Å²) in [4.78, 5) is 15.0. The lowest BCUT2D eigenvalue weighted by Gasteiger charge is -2.25. The molecule has 0 fully saturated rings. The molecule has 0 bridgehead atoms. The summed E-state index contributed by atoms with van der Waals surface area (Å²) >= 11 is 18.0. The Balaban J connectivity index is 1.72. The lowest BCUT2D eigenvalue weighted by Crippen LogP contribution is -2.30. The van der Waals surface area contributed by atoms with Gasteiger partial charge in [-0.15, -0.1) is 0 Å². The van der Waals surface area contributed by atoms with Crippen LogP contribution in [0.2, 0.25) is 15.1 Å². The van der Waals surface area contributed by atoms with E-state index >= 15 is 0 Å². The second kappa shape index (κ2) is 7.88. The first-order valence-corrected chi connectivity index (χ1v) is 9.74. The molecule has 1 aliphatic rings. The maximum absolute atomic E-state index is 13.2. The van der Waals surface area contributed by atoms with E-state index in [1.807, 2.05) is 54.6 Å². The van der Waals surface area contributed by atoms with Gasteiger partial charge in [0.15, 0.2) is 0 Å². The first kappa shape index (κ1) is 18.9. The fraction of sp³-hybridized carbons (Fsp3) is 0.0455. The van der Waals surface area contributed by atoms with Crippen molar-refractivity contribution in [3.63, 3.8) is 0 Å². The van der Waals surface area contributed by atoms with E-state index in [-0.39, 0.29) is 11.9 Å². The van der Waals surface area contributed by atoms with Gasteiger partial charge in [-0.1, -0.05) is 46.9 Å². The highest BCUT2D eigenvalue weighted by atomic mass is 35.5. The molecular weight excluding hydrogens is 415 g/mol. The van der Waals surface area contributed by atoms with Crippen molar-refractivity contribution >= 4 is 52.1 Å². The molecule has 4 rings (SSSR count). The Morgan fingerprint density at radius 2 is 1.21 bits per heavy atom. The summed E-state index contributed by atoms with van der Waals surface area (Å²) in [7, 11) is 0. The number of nitrogens with one attached hydrogen (secondary N) is 1. The predicted octanol–water partition coefficient (Wildman–Crippen LogP) is 6.73. The minimum Gasteiger partial charge on any atom is -0.351 e. The Morgan fingerprint density at radius 3 is 1.79 bits per heavy atom. The monoisotopic (exact) mass is 428 g/mol. The van der Waals surface area contributed by atoms with Crippen molar-refractivity contribution in [1.82, 2.24) is 0 Å². The lowest BCUT2D eigenvalue weighted by atomic mass is 10.1. The van der Waals surface area contributed by atoms with E-state index in [2.05, 4.69) is 5.32 Å². The molecule has 0 saturated carbocycles. The maximum Gasteiger partial charge on any atom is 0.275 e. The van der Waals surface area contributed by atoms with E-state index in [1.165, 1.54) is 0 Å². The Kier molecular flexibility index (Phi) is 5.31. The number of rotatable bonds is 4. The zero-order chi connectivity index (χ0) is 19.7. The van der Waals surface area contributed by atoms with Crippen LogP contribution in [0.3, 0.4) is 0 Å². The third kappa shape index (κ3) is 3.88. The van der Waals surface area contributed by atoms with Crippen molar-refractivity contribution < 1.29 is 4.79 Å². The van der Waals surface area contributed by atoms with E-state index in [9.17, 15) is 4.79 Å². The summed E-state index contributed by atoms with van der Waals surface area (Å²) in [6, 6.07) is 21.6. The van der Waals surface area contributed by atoms with Crippen LogP contribution in [0, 0.1) is 0 Å². The van der Waals surface area contributed by atoms with Crippen LogP contribution in [0.5, 0.6) is 0 Å². The summed E-state index contributed by atoms with van der Waals surface area (Å²) in [5.41, 5.74) is 3.01. The molecular formula is C22H15Cl3N2O. The van der Waals surface area contributed by atoms with Gasteiger partial charge in [0.25, 0.3) is 5.91 Å². The van der Waals surface area contributed by atoms with E-state index in [4.69, 9.17) is 34.8 Å². The quantitative estimate of drug-likeness (QED) is 0.498. The molecule has 1 aliphatic heterocycles. The van der Waals surface area contributed by atoms with E-state index in [1.54, 1.807) is 29.2 Å². The van der Waals surface area contributed by atoms with Crippen LogP contribution >= 0.6 is 34.8 Å². The molecule has 1 amide bonds. The minimum atomic E-state index is -0.263. The summed E-state index contributed by atoms with van der Waals surface area (Å²) in [5.74, 6) is -0.128. The van der Waals surface area contributed by atoms with Crippen molar-refractivity contribution in [3.8, 4) is 0 Å². The highest BCUT2D eigenvalue weighted by Crippen LogP contribution is 2.37. The summed E-state index contributed by atoms with van der Waals surface area (Å²) in [6.45, 7) is 0. The third-order valence-corrected chi connectivity index (χ3v) is 5.25. The van der Waals surface area contributed by atoms with Crippen molar-refractivity contribution in [2.75, 3.05) is 10.2 Å². The van der Waals surface area contributed by atoms with Gasteiger partial charge >= 0.3 is 0 Å². The Hall–Kier alpha value is -2.46. The Morgan fingerprint density at radius 1 is 0.714 bits per heavy atom. The number of amides is 1. The van der Waals surface area contributed by atoms with Crippen molar-refractivity contribution in [3.05, 3.63) is 105 Å². The third-order valence-electron chi connectivity index (χ3n) is 4.49. The normalized spacial score (nSPS) is 16.2. The van der Waals surface area contributed by atoms with Gasteiger partial charge in [0.05, 0.1) is 6.04 Å². The fourth-order valence-corrected chi connectivity index (χ4v) is 3.51. The van der Waals surface area contributed by atoms with Crippen LogP contribution in [0.4, 0.5) is 11.4 Å². The first-order valence-electron chi connectivity index (χ1n) is 8.60. The fourth-order valence-electron chi connectivity index (χ4n) is 3.13. The minimum absolute atomic E-state index is 0.128. The van der Waals surface area contributed by atoms with Gasteiger partial charge in [-0.05, 0) is 72.3 Å². The Bertz CT molecular complexity index is 1030. The van der Waals surface area contributed by atoms with Crippen molar-refractivity contribution in [2.24, 2.45) is 0 Å². The molecule has 1 heterocycles. The second-order valence-corrected chi connectivity index (χ2v) is 7.67. The number of benzene rings is 3.